The molecule has 5 nitrogen and oxygen atoms in total. The molecular weight excluding hydrogens is 406 g/mol. The molecule has 0 atom stereocenters. The molecule has 0 bridgehead atoms. The Bertz CT molecular complexity index is 1060. The van der Waals surface area contributed by atoms with Crippen LogP contribution in [0.1, 0.15) is 0 Å². The van der Waals surface area contributed by atoms with Crippen molar-refractivity contribution in [2.75, 3.05) is 4.72 Å². The molecule has 1 N–H and O–H groups in total. The molecule has 0 aliphatic rings. The summed E-state index contributed by atoms with van der Waals surface area (Å²) in [5, 5.41) is 0.705. The van der Waals surface area contributed by atoms with E-state index >= 15 is 0 Å². The van der Waals surface area contributed by atoms with Crippen molar-refractivity contribution in [2.24, 2.45) is 0 Å². The summed E-state index contributed by atoms with van der Waals surface area (Å²) in [4.78, 5) is 11.3. The third-order valence-corrected chi connectivity index (χ3v) is 5.61. The van der Waals surface area contributed by atoms with Gasteiger partial charge in [0.1, 0.15) is 10.5 Å². The predicted molar refractivity (Wildman–Crippen MR) is 92.4 cm³/mol. The number of benzene rings is 2. The van der Waals surface area contributed by atoms with Gasteiger partial charge in [0.25, 0.3) is 10.0 Å². The van der Waals surface area contributed by atoms with Crippen molar-refractivity contribution >= 4 is 54.2 Å². The molecule has 0 saturated heterocycles. The van der Waals surface area contributed by atoms with Gasteiger partial charge in [0.05, 0.1) is 5.02 Å². The van der Waals surface area contributed by atoms with Crippen LogP contribution < -0.4 is 10.3 Å². The lowest BCUT2D eigenvalue weighted by molar-refractivity contribution is 0.560. The van der Waals surface area contributed by atoms with Crippen LogP contribution in [0.5, 0.6) is 0 Å². The minimum Gasteiger partial charge on any atom is -0.423 e. The molecule has 0 spiro atoms. The molecule has 0 aliphatic carbocycles. The molecule has 118 valence electrons. The summed E-state index contributed by atoms with van der Waals surface area (Å²) in [6.45, 7) is 0. The molecule has 3 aromatic rings. The van der Waals surface area contributed by atoms with Gasteiger partial charge < -0.3 is 4.42 Å². The van der Waals surface area contributed by atoms with E-state index in [1.54, 1.807) is 18.2 Å². The third-order valence-electron chi connectivity index (χ3n) is 3.07. The predicted octanol–water partition coefficient (Wildman–Crippen LogP) is 4.01. The van der Waals surface area contributed by atoms with E-state index in [2.05, 4.69) is 20.7 Å². The van der Waals surface area contributed by atoms with Gasteiger partial charge in [-0.15, -0.1) is 0 Å². The van der Waals surface area contributed by atoms with E-state index < -0.39 is 15.6 Å². The maximum atomic E-state index is 12.4. The molecule has 0 amide bonds. The van der Waals surface area contributed by atoms with Gasteiger partial charge in [-0.2, -0.15) is 0 Å². The van der Waals surface area contributed by atoms with Crippen molar-refractivity contribution in [2.45, 2.75) is 4.90 Å². The Morgan fingerprint density at radius 3 is 2.57 bits per heavy atom. The first-order valence-electron chi connectivity index (χ1n) is 6.37. The first-order valence-corrected chi connectivity index (χ1v) is 9.03. The largest absolute Gasteiger partial charge is 0.423 e. The molecule has 1 heterocycles. The molecule has 0 radical (unpaired) electrons. The average Bonchev–Trinajstić information content (AvgIpc) is 2.48. The minimum absolute atomic E-state index is 0.0135. The highest BCUT2D eigenvalue weighted by Crippen LogP contribution is 2.28. The Morgan fingerprint density at radius 1 is 1.09 bits per heavy atom. The van der Waals surface area contributed by atoms with Crippen LogP contribution in [0.15, 0.2) is 67.1 Å². The van der Waals surface area contributed by atoms with Crippen LogP contribution in [0.25, 0.3) is 11.0 Å². The maximum absolute atomic E-state index is 12.4. The normalized spacial score (nSPS) is 11.6. The van der Waals surface area contributed by atoms with Gasteiger partial charge in [0, 0.05) is 21.6 Å². The highest BCUT2D eigenvalue weighted by molar-refractivity contribution is 9.10. The molecule has 0 unspecified atom stereocenters. The van der Waals surface area contributed by atoms with Crippen molar-refractivity contribution in [3.63, 3.8) is 0 Å². The Kier molecular flexibility index (Phi) is 4.18. The van der Waals surface area contributed by atoms with E-state index in [0.29, 0.717) is 21.1 Å². The summed E-state index contributed by atoms with van der Waals surface area (Å²) >= 11 is 9.20. The lowest BCUT2D eigenvalue weighted by Crippen LogP contribution is -2.13. The highest BCUT2D eigenvalue weighted by atomic mass is 79.9. The van der Waals surface area contributed by atoms with Crippen LogP contribution in [0, 0.1) is 0 Å². The second-order valence-electron chi connectivity index (χ2n) is 4.66. The van der Waals surface area contributed by atoms with E-state index in [1.165, 1.54) is 30.3 Å². The number of sulfonamides is 1. The summed E-state index contributed by atoms with van der Waals surface area (Å²) in [5.41, 5.74) is 0.186. The van der Waals surface area contributed by atoms with Gasteiger partial charge >= 0.3 is 5.63 Å². The quantitative estimate of drug-likeness (QED) is 0.657. The van der Waals surface area contributed by atoms with Gasteiger partial charge in [-0.25, -0.2) is 13.2 Å². The molecule has 0 saturated carbocycles. The molecule has 8 heteroatoms. The van der Waals surface area contributed by atoms with Crippen LogP contribution in [0.3, 0.4) is 0 Å². The monoisotopic (exact) mass is 413 g/mol. The minimum atomic E-state index is -3.82. The number of nitrogens with one attached hydrogen (secondary N) is 1. The average molecular weight is 415 g/mol. The third kappa shape index (κ3) is 3.26. The lowest BCUT2D eigenvalue weighted by Gasteiger charge is -2.10. The van der Waals surface area contributed by atoms with Crippen molar-refractivity contribution in [3.8, 4) is 0 Å². The number of hydrogen-bond donors (Lipinski definition) is 1. The molecule has 2 aromatic carbocycles. The summed E-state index contributed by atoms with van der Waals surface area (Å²) in [6.07, 6.45) is 0. The fourth-order valence-corrected chi connectivity index (χ4v) is 4.13. The molecule has 0 fully saturated rings. The van der Waals surface area contributed by atoms with E-state index in [9.17, 15) is 13.2 Å². The second kappa shape index (κ2) is 5.99. The van der Waals surface area contributed by atoms with Crippen LogP contribution in [0.4, 0.5) is 5.69 Å². The number of fused-ring (bicyclic) bond motifs is 1. The van der Waals surface area contributed by atoms with Crippen molar-refractivity contribution in [1.29, 1.82) is 0 Å². The Labute approximate surface area is 145 Å². The lowest BCUT2D eigenvalue weighted by atomic mass is 10.2. The number of halogens is 2. The Balaban J connectivity index is 2.05. The second-order valence-corrected chi connectivity index (χ2v) is 7.57. The zero-order valence-corrected chi connectivity index (χ0v) is 14.6. The molecule has 0 aliphatic heterocycles. The van der Waals surface area contributed by atoms with Gasteiger partial charge in [0.2, 0.25) is 0 Å². The van der Waals surface area contributed by atoms with Gasteiger partial charge in [0.15, 0.2) is 0 Å². The van der Waals surface area contributed by atoms with E-state index in [1.807, 2.05) is 0 Å². The highest BCUT2D eigenvalue weighted by Gasteiger charge is 2.18. The number of rotatable bonds is 3. The molecule has 23 heavy (non-hydrogen) atoms. The summed E-state index contributed by atoms with van der Waals surface area (Å²) in [6, 6.07) is 12.0. The van der Waals surface area contributed by atoms with Gasteiger partial charge in [-0.3, -0.25) is 4.72 Å². The Hall–Kier alpha value is -1.83. The maximum Gasteiger partial charge on any atom is 0.337 e. The summed E-state index contributed by atoms with van der Waals surface area (Å²) in [5.74, 6) is 0. The molecule has 3 rings (SSSR count). The summed E-state index contributed by atoms with van der Waals surface area (Å²) in [7, 11) is -3.82. The van der Waals surface area contributed by atoms with Crippen LogP contribution >= 0.6 is 27.5 Å². The van der Waals surface area contributed by atoms with E-state index in [-0.39, 0.29) is 9.92 Å². The fourth-order valence-electron chi connectivity index (χ4n) is 2.06. The standard InChI is InChI=1S/C15H9BrClNO4S/c16-11-8-15(19)22-13-6-5-9(7-10(11)13)18-23(20,21)14-4-2-1-3-12(14)17/h1-8,18H. The fraction of sp³-hybridized carbons (Fsp3) is 0. The topological polar surface area (TPSA) is 76.4 Å². The zero-order chi connectivity index (χ0) is 16.6. The summed E-state index contributed by atoms with van der Waals surface area (Å²) < 4.78 is 32.9. The van der Waals surface area contributed by atoms with Crippen LogP contribution in [0.2, 0.25) is 5.02 Å². The van der Waals surface area contributed by atoms with Crippen LogP contribution in [-0.2, 0) is 10.0 Å². The van der Waals surface area contributed by atoms with E-state index in [0.717, 1.165) is 0 Å². The van der Waals surface area contributed by atoms with E-state index in [4.69, 9.17) is 16.0 Å². The van der Waals surface area contributed by atoms with Crippen LogP contribution in [-0.4, -0.2) is 8.42 Å². The van der Waals surface area contributed by atoms with Crippen molar-refractivity contribution in [1.82, 2.24) is 0 Å². The molecular formula is C15H9BrClNO4S. The molecule has 1 aromatic heterocycles. The first-order chi connectivity index (χ1) is 10.9. The van der Waals surface area contributed by atoms with Crippen molar-refractivity contribution in [3.05, 3.63) is 68.4 Å². The SMILES string of the molecule is O=c1cc(Br)c2cc(NS(=O)(=O)c3ccccc3Cl)ccc2o1. The van der Waals surface area contributed by atoms with Gasteiger partial charge in [-0.05, 0) is 46.3 Å². The smallest absolute Gasteiger partial charge is 0.337 e. The Morgan fingerprint density at radius 2 is 1.83 bits per heavy atom. The number of anilines is 1. The van der Waals surface area contributed by atoms with Crippen molar-refractivity contribution < 1.29 is 12.8 Å². The zero-order valence-electron chi connectivity index (χ0n) is 11.4. The van der Waals surface area contributed by atoms with Gasteiger partial charge in [-0.1, -0.05) is 23.7 Å². The number of hydrogen-bond acceptors (Lipinski definition) is 4. The first kappa shape index (κ1) is 16.0.